The SMILES string of the molecule is CCOC(=O)CCCCCC(=O)Nc1cc(-c2onc3c2CCCC3)cc(C(F)(F)F)c1. The highest BCUT2D eigenvalue weighted by Crippen LogP contribution is 2.38. The third-order valence-corrected chi connectivity index (χ3v) is 5.36. The molecule has 6 nitrogen and oxygen atoms in total. The monoisotopic (exact) mass is 452 g/mol. The number of alkyl halides is 3. The van der Waals surface area contributed by atoms with Gasteiger partial charge in [0.1, 0.15) is 0 Å². The largest absolute Gasteiger partial charge is 0.466 e. The van der Waals surface area contributed by atoms with Crippen molar-refractivity contribution in [1.29, 1.82) is 0 Å². The predicted molar refractivity (Wildman–Crippen MR) is 112 cm³/mol. The Morgan fingerprint density at radius 3 is 2.59 bits per heavy atom. The minimum atomic E-state index is -4.57. The van der Waals surface area contributed by atoms with E-state index in [1.165, 1.54) is 6.07 Å². The Bertz CT molecular complexity index is 953. The number of esters is 1. The van der Waals surface area contributed by atoms with Crippen molar-refractivity contribution in [2.24, 2.45) is 0 Å². The molecular formula is C23H27F3N2O4. The zero-order chi connectivity index (χ0) is 23.1. The molecule has 0 spiro atoms. The Kier molecular flexibility index (Phi) is 7.93. The Morgan fingerprint density at radius 2 is 1.84 bits per heavy atom. The Morgan fingerprint density at radius 1 is 1.09 bits per heavy atom. The van der Waals surface area contributed by atoms with Gasteiger partial charge in [-0.15, -0.1) is 0 Å². The molecule has 1 amide bonds. The van der Waals surface area contributed by atoms with Gasteiger partial charge in [-0.3, -0.25) is 9.59 Å². The van der Waals surface area contributed by atoms with E-state index in [0.717, 1.165) is 42.7 Å². The maximum absolute atomic E-state index is 13.5. The van der Waals surface area contributed by atoms with Crippen molar-refractivity contribution in [3.05, 3.63) is 35.0 Å². The molecule has 174 valence electrons. The summed E-state index contributed by atoms with van der Waals surface area (Å²) in [5, 5.41) is 6.59. The second-order valence-electron chi connectivity index (χ2n) is 7.85. The minimum absolute atomic E-state index is 0.0623. The number of nitrogens with one attached hydrogen (secondary N) is 1. The number of hydrogen-bond donors (Lipinski definition) is 1. The van der Waals surface area contributed by atoms with Gasteiger partial charge >= 0.3 is 12.1 Å². The van der Waals surface area contributed by atoms with Gasteiger partial charge in [0.25, 0.3) is 0 Å². The van der Waals surface area contributed by atoms with Gasteiger partial charge in [0, 0.05) is 29.7 Å². The van der Waals surface area contributed by atoms with Gasteiger partial charge in [0.05, 0.1) is 17.9 Å². The van der Waals surface area contributed by atoms with Crippen molar-refractivity contribution >= 4 is 17.6 Å². The molecule has 0 saturated heterocycles. The van der Waals surface area contributed by atoms with Crippen molar-refractivity contribution in [3.63, 3.8) is 0 Å². The molecule has 0 aliphatic heterocycles. The normalized spacial score (nSPS) is 13.5. The minimum Gasteiger partial charge on any atom is -0.466 e. The lowest BCUT2D eigenvalue weighted by atomic mass is 9.93. The van der Waals surface area contributed by atoms with E-state index in [4.69, 9.17) is 9.26 Å². The maximum atomic E-state index is 13.5. The highest BCUT2D eigenvalue weighted by atomic mass is 19.4. The van der Waals surface area contributed by atoms with Gasteiger partial charge in [-0.2, -0.15) is 13.2 Å². The van der Waals surface area contributed by atoms with Crippen molar-refractivity contribution < 1.29 is 32.0 Å². The second kappa shape index (κ2) is 10.7. The topological polar surface area (TPSA) is 81.4 Å². The Balaban J connectivity index is 1.67. The number of carbonyl (C=O) groups excluding carboxylic acids is 2. The molecule has 1 aliphatic carbocycles. The summed E-state index contributed by atoms with van der Waals surface area (Å²) in [6, 6.07) is 3.44. The number of nitrogens with zero attached hydrogens (tertiary/aromatic N) is 1. The first kappa shape index (κ1) is 23.8. The molecule has 1 aromatic carbocycles. The Hall–Kier alpha value is -2.84. The van der Waals surface area contributed by atoms with Gasteiger partial charge in [-0.1, -0.05) is 11.6 Å². The first-order chi connectivity index (χ1) is 15.3. The zero-order valence-corrected chi connectivity index (χ0v) is 18.0. The number of hydrogen-bond acceptors (Lipinski definition) is 5. The highest BCUT2D eigenvalue weighted by molar-refractivity contribution is 5.91. The van der Waals surface area contributed by atoms with Crippen molar-refractivity contribution in [1.82, 2.24) is 5.16 Å². The van der Waals surface area contributed by atoms with Crippen LogP contribution in [0, 0.1) is 0 Å². The van der Waals surface area contributed by atoms with E-state index in [9.17, 15) is 22.8 Å². The van der Waals surface area contributed by atoms with Crippen molar-refractivity contribution in [2.75, 3.05) is 11.9 Å². The lowest BCUT2D eigenvalue weighted by molar-refractivity contribution is -0.143. The van der Waals surface area contributed by atoms with E-state index >= 15 is 0 Å². The zero-order valence-electron chi connectivity index (χ0n) is 18.0. The van der Waals surface area contributed by atoms with Crippen LogP contribution in [0.25, 0.3) is 11.3 Å². The summed E-state index contributed by atoms with van der Waals surface area (Å²) in [6.45, 7) is 2.07. The van der Waals surface area contributed by atoms with Crippen LogP contribution in [-0.4, -0.2) is 23.6 Å². The van der Waals surface area contributed by atoms with E-state index in [2.05, 4.69) is 10.5 Å². The molecule has 0 saturated carbocycles. The molecule has 0 fully saturated rings. The van der Waals surface area contributed by atoms with Crippen LogP contribution in [0.5, 0.6) is 0 Å². The molecule has 1 N–H and O–H groups in total. The molecule has 9 heteroatoms. The number of amides is 1. The van der Waals surface area contributed by atoms with Crippen molar-refractivity contribution in [2.45, 2.75) is 70.9 Å². The number of ether oxygens (including phenoxy) is 1. The van der Waals surface area contributed by atoms with E-state index in [1.807, 2.05) is 0 Å². The van der Waals surface area contributed by atoms with Gasteiger partial charge in [0.2, 0.25) is 5.91 Å². The van der Waals surface area contributed by atoms with Crippen LogP contribution in [-0.2, 0) is 33.3 Å². The number of halogens is 3. The average molecular weight is 452 g/mol. The molecule has 2 aromatic rings. The van der Waals surface area contributed by atoms with Crippen LogP contribution in [0.15, 0.2) is 22.7 Å². The van der Waals surface area contributed by atoms with Crippen molar-refractivity contribution in [3.8, 4) is 11.3 Å². The summed E-state index contributed by atoms with van der Waals surface area (Å²) in [6.07, 6.45) is 0.980. The number of rotatable bonds is 9. The summed E-state index contributed by atoms with van der Waals surface area (Å²) >= 11 is 0. The molecule has 0 atom stereocenters. The average Bonchev–Trinajstić information content (AvgIpc) is 3.17. The third kappa shape index (κ3) is 6.34. The number of aromatic nitrogens is 1. The molecule has 0 unspecified atom stereocenters. The predicted octanol–water partition coefficient (Wildman–Crippen LogP) is 5.69. The number of aryl methyl sites for hydroxylation is 1. The summed E-state index contributed by atoms with van der Waals surface area (Å²) in [4.78, 5) is 23.6. The molecule has 0 radical (unpaired) electrons. The number of benzene rings is 1. The molecule has 3 rings (SSSR count). The van der Waals surface area contributed by atoms with Crippen LogP contribution in [0.2, 0.25) is 0 Å². The number of fused-ring (bicyclic) bond motifs is 1. The Labute approximate surface area is 184 Å². The lowest BCUT2D eigenvalue weighted by Crippen LogP contribution is -2.13. The van der Waals surface area contributed by atoms with Gasteiger partial charge < -0.3 is 14.6 Å². The number of anilines is 1. The van der Waals surface area contributed by atoms with Crippen LogP contribution >= 0.6 is 0 Å². The van der Waals surface area contributed by atoms with Gasteiger partial charge in [0.15, 0.2) is 5.76 Å². The second-order valence-corrected chi connectivity index (χ2v) is 7.85. The van der Waals surface area contributed by atoms with Crippen LogP contribution in [0.3, 0.4) is 0 Å². The summed E-state index contributed by atoms with van der Waals surface area (Å²) in [7, 11) is 0. The van der Waals surface area contributed by atoms with E-state index < -0.39 is 11.7 Å². The maximum Gasteiger partial charge on any atom is 0.416 e. The van der Waals surface area contributed by atoms with Crippen LogP contribution in [0.1, 0.15) is 68.7 Å². The smallest absolute Gasteiger partial charge is 0.416 e. The van der Waals surface area contributed by atoms with Gasteiger partial charge in [-0.25, -0.2) is 0 Å². The molecule has 1 aliphatic rings. The number of unbranched alkanes of at least 4 members (excludes halogenated alkanes) is 2. The van der Waals surface area contributed by atoms with Gasteiger partial charge in [-0.05, 0) is 63.6 Å². The fourth-order valence-corrected chi connectivity index (χ4v) is 3.80. The molecule has 1 heterocycles. The summed E-state index contributed by atoms with van der Waals surface area (Å²) in [5.41, 5.74) is 1.08. The fourth-order valence-electron chi connectivity index (χ4n) is 3.80. The first-order valence-corrected chi connectivity index (χ1v) is 10.9. The van der Waals surface area contributed by atoms with Crippen LogP contribution < -0.4 is 5.32 Å². The molecular weight excluding hydrogens is 425 g/mol. The fraction of sp³-hybridized carbons (Fsp3) is 0.522. The quantitative estimate of drug-likeness (QED) is 0.390. The molecule has 1 aromatic heterocycles. The summed E-state index contributed by atoms with van der Waals surface area (Å²) in [5.74, 6) is -0.325. The van der Waals surface area contributed by atoms with Crippen LogP contribution in [0.4, 0.5) is 18.9 Å². The molecule has 32 heavy (non-hydrogen) atoms. The van der Waals surface area contributed by atoms with E-state index in [1.54, 1.807) is 6.92 Å². The first-order valence-electron chi connectivity index (χ1n) is 10.9. The number of carbonyl (C=O) groups is 2. The molecule has 0 bridgehead atoms. The summed E-state index contributed by atoms with van der Waals surface area (Å²) < 4.78 is 50.7. The third-order valence-electron chi connectivity index (χ3n) is 5.36. The van der Waals surface area contributed by atoms with E-state index in [0.29, 0.717) is 38.1 Å². The van der Waals surface area contributed by atoms with E-state index in [-0.39, 0.29) is 36.0 Å². The lowest BCUT2D eigenvalue weighted by Gasteiger charge is -2.14. The highest BCUT2D eigenvalue weighted by Gasteiger charge is 2.32. The standard InChI is InChI=1S/C23H27F3N2O4/c1-2-31-21(30)11-5-3-4-10-20(29)27-17-13-15(12-16(14-17)23(24,25)26)22-18-8-6-7-9-19(18)28-32-22/h12-14H,2-11H2,1H3,(H,27,29).